The van der Waals surface area contributed by atoms with Gasteiger partial charge in [-0.1, -0.05) is 36.4 Å². The molecule has 0 aromatic heterocycles. The molecule has 2 aromatic carbocycles. The Hall–Kier alpha value is -2.80. The molecule has 2 amide bonds. The van der Waals surface area contributed by atoms with Gasteiger partial charge in [0.1, 0.15) is 6.04 Å². The molecule has 7 heteroatoms. The van der Waals surface area contributed by atoms with Gasteiger partial charge in [-0.2, -0.15) is 0 Å². The fourth-order valence-corrected chi connectivity index (χ4v) is 3.60. The van der Waals surface area contributed by atoms with E-state index in [-0.39, 0.29) is 24.7 Å². The van der Waals surface area contributed by atoms with E-state index in [1.807, 2.05) is 30.3 Å². The monoisotopic (exact) mass is 401 g/mol. The van der Waals surface area contributed by atoms with Crippen molar-refractivity contribution >= 4 is 11.8 Å². The molecular weight excluding hydrogens is 376 g/mol. The average molecular weight is 401 g/mol. The number of carbonyl (C=O) groups is 2. The highest BCUT2D eigenvalue weighted by Crippen LogP contribution is 2.16. The lowest BCUT2D eigenvalue weighted by Gasteiger charge is -2.29. The van der Waals surface area contributed by atoms with Crippen LogP contribution in [0.5, 0.6) is 0 Å². The van der Waals surface area contributed by atoms with Gasteiger partial charge in [0.2, 0.25) is 11.8 Å². The van der Waals surface area contributed by atoms with Gasteiger partial charge in [0.25, 0.3) is 0 Å². The zero-order valence-electron chi connectivity index (χ0n) is 16.1. The van der Waals surface area contributed by atoms with E-state index < -0.39 is 23.7 Å². The minimum atomic E-state index is -0.937. The van der Waals surface area contributed by atoms with Crippen molar-refractivity contribution in [2.45, 2.75) is 37.8 Å². The second-order valence-corrected chi connectivity index (χ2v) is 7.35. The van der Waals surface area contributed by atoms with E-state index in [2.05, 4.69) is 5.32 Å². The van der Waals surface area contributed by atoms with Crippen LogP contribution in [0, 0.1) is 11.6 Å². The van der Waals surface area contributed by atoms with Crippen molar-refractivity contribution in [3.63, 3.8) is 0 Å². The molecule has 1 fully saturated rings. The SMILES string of the molecule is N[C@@H](CC(=O)N1CCCNC(=O)C1Cc1ccccc1)Cc1ccc(F)c(F)c1. The van der Waals surface area contributed by atoms with Crippen molar-refractivity contribution in [1.29, 1.82) is 0 Å². The molecule has 1 aliphatic heterocycles. The lowest BCUT2D eigenvalue weighted by atomic mass is 10.0. The number of nitrogens with two attached hydrogens (primary N) is 1. The van der Waals surface area contributed by atoms with Crippen LogP contribution in [0.2, 0.25) is 0 Å². The quantitative estimate of drug-likeness (QED) is 0.779. The number of rotatable bonds is 6. The van der Waals surface area contributed by atoms with Gasteiger partial charge in [-0.15, -0.1) is 0 Å². The van der Waals surface area contributed by atoms with Gasteiger partial charge >= 0.3 is 0 Å². The van der Waals surface area contributed by atoms with Gasteiger partial charge in [-0.3, -0.25) is 9.59 Å². The molecule has 0 aliphatic carbocycles. The molecule has 154 valence electrons. The summed E-state index contributed by atoms with van der Waals surface area (Å²) in [6.45, 7) is 0.988. The summed E-state index contributed by atoms with van der Waals surface area (Å²) in [6, 6.07) is 12.0. The van der Waals surface area contributed by atoms with Crippen LogP contribution in [0.15, 0.2) is 48.5 Å². The highest BCUT2D eigenvalue weighted by Gasteiger charge is 2.32. The zero-order valence-corrected chi connectivity index (χ0v) is 16.1. The van der Waals surface area contributed by atoms with Crippen LogP contribution in [0.3, 0.4) is 0 Å². The van der Waals surface area contributed by atoms with Crippen LogP contribution < -0.4 is 11.1 Å². The Bertz CT molecular complexity index is 860. The highest BCUT2D eigenvalue weighted by molar-refractivity contribution is 5.88. The van der Waals surface area contributed by atoms with Gasteiger partial charge < -0.3 is 16.0 Å². The number of amides is 2. The van der Waals surface area contributed by atoms with Crippen LogP contribution in [0.1, 0.15) is 24.0 Å². The molecule has 5 nitrogen and oxygen atoms in total. The van der Waals surface area contributed by atoms with E-state index in [0.717, 1.165) is 17.7 Å². The lowest BCUT2D eigenvalue weighted by molar-refractivity contribution is -0.139. The summed E-state index contributed by atoms with van der Waals surface area (Å²) in [5, 5.41) is 2.86. The van der Waals surface area contributed by atoms with E-state index in [9.17, 15) is 18.4 Å². The second-order valence-electron chi connectivity index (χ2n) is 7.35. The minimum absolute atomic E-state index is 0.0254. The van der Waals surface area contributed by atoms with Gasteiger partial charge in [-0.25, -0.2) is 8.78 Å². The third-order valence-electron chi connectivity index (χ3n) is 5.06. The molecule has 0 radical (unpaired) electrons. The van der Waals surface area contributed by atoms with Crippen LogP contribution in [0.4, 0.5) is 8.78 Å². The van der Waals surface area contributed by atoms with Crippen LogP contribution in [-0.4, -0.2) is 41.9 Å². The number of hydrogen-bond donors (Lipinski definition) is 2. The van der Waals surface area contributed by atoms with E-state index in [0.29, 0.717) is 31.5 Å². The van der Waals surface area contributed by atoms with Crippen LogP contribution in [-0.2, 0) is 22.4 Å². The molecule has 0 spiro atoms. The van der Waals surface area contributed by atoms with Gasteiger partial charge in [0, 0.05) is 32.0 Å². The standard InChI is InChI=1S/C22H25F2N3O2/c23-18-8-7-16(12-19(18)24)11-17(25)14-21(28)27-10-4-9-26-22(29)20(27)13-15-5-2-1-3-6-15/h1-3,5-8,12,17,20H,4,9-11,13-14,25H2,(H,26,29)/t17-,20?/m1/s1. The molecule has 29 heavy (non-hydrogen) atoms. The van der Waals surface area contributed by atoms with Crippen molar-refractivity contribution in [1.82, 2.24) is 10.2 Å². The minimum Gasteiger partial charge on any atom is -0.354 e. The largest absolute Gasteiger partial charge is 0.354 e. The Morgan fingerprint density at radius 2 is 1.90 bits per heavy atom. The zero-order chi connectivity index (χ0) is 20.8. The molecule has 1 heterocycles. The Morgan fingerprint density at radius 3 is 2.62 bits per heavy atom. The van der Waals surface area contributed by atoms with E-state index in [1.54, 1.807) is 4.90 Å². The van der Waals surface area contributed by atoms with Gasteiger partial charge in [0.15, 0.2) is 11.6 Å². The summed E-state index contributed by atoms with van der Waals surface area (Å²) in [7, 11) is 0. The fraction of sp³-hybridized carbons (Fsp3) is 0.364. The Labute approximate surface area is 168 Å². The fourth-order valence-electron chi connectivity index (χ4n) is 3.60. The number of benzene rings is 2. The summed E-state index contributed by atoms with van der Waals surface area (Å²) in [4.78, 5) is 27.1. The molecule has 3 rings (SSSR count). The maximum atomic E-state index is 13.4. The maximum absolute atomic E-state index is 13.4. The number of hydrogen-bond acceptors (Lipinski definition) is 3. The number of nitrogens with zero attached hydrogens (tertiary/aromatic N) is 1. The first-order valence-electron chi connectivity index (χ1n) is 9.74. The molecule has 0 bridgehead atoms. The van der Waals surface area contributed by atoms with E-state index in [1.165, 1.54) is 6.07 Å². The molecule has 3 N–H and O–H groups in total. The van der Waals surface area contributed by atoms with Gasteiger partial charge in [0.05, 0.1) is 0 Å². The van der Waals surface area contributed by atoms with E-state index in [4.69, 9.17) is 5.73 Å². The van der Waals surface area contributed by atoms with Crippen molar-refractivity contribution < 1.29 is 18.4 Å². The normalized spacial score (nSPS) is 18.1. The summed E-state index contributed by atoms with van der Waals surface area (Å²) in [5.74, 6) is -2.24. The number of carbonyl (C=O) groups excluding carboxylic acids is 2. The van der Waals surface area contributed by atoms with E-state index >= 15 is 0 Å². The third-order valence-corrected chi connectivity index (χ3v) is 5.06. The number of halogens is 2. The first-order valence-corrected chi connectivity index (χ1v) is 9.74. The van der Waals surface area contributed by atoms with Crippen LogP contribution >= 0.6 is 0 Å². The highest BCUT2D eigenvalue weighted by atomic mass is 19.2. The first-order chi connectivity index (χ1) is 13.9. The van der Waals surface area contributed by atoms with Crippen molar-refractivity contribution in [2.24, 2.45) is 5.73 Å². The summed E-state index contributed by atoms with van der Waals surface area (Å²) < 4.78 is 26.5. The lowest BCUT2D eigenvalue weighted by Crippen LogP contribution is -2.49. The second kappa shape index (κ2) is 9.60. The Balaban J connectivity index is 1.68. The molecule has 2 aromatic rings. The smallest absolute Gasteiger partial charge is 0.243 e. The first kappa shape index (κ1) is 20.9. The summed E-state index contributed by atoms with van der Waals surface area (Å²) >= 11 is 0. The third kappa shape index (κ3) is 5.60. The summed E-state index contributed by atoms with van der Waals surface area (Å²) in [5.41, 5.74) is 7.61. The molecule has 1 saturated heterocycles. The van der Waals surface area contributed by atoms with Crippen molar-refractivity contribution in [3.05, 3.63) is 71.3 Å². The predicted molar refractivity (Wildman–Crippen MR) is 106 cm³/mol. The average Bonchev–Trinajstić information content (AvgIpc) is 2.87. The molecule has 2 atom stereocenters. The molecule has 1 unspecified atom stereocenters. The maximum Gasteiger partial charge on any atom is 0.243 e. The Kier molecular flexibility index (Phi) is 6.93. The summed E-state index contributed by atoms with van der Waals surface area (Å²) in [6.07, 6.45) is 1.36. The van der Waals surface area contributed by atoms with Crippen LogP contribution in [0.25, 0.3) is 0 Å². The van der Waals surface area contributed by atoms with Gasteiger partial charge in [-0.05, 0) is 36.1 Å². The molecule has 1 aliphatic rings. The topological polar surface area (TPSA) is 75.4 Å². The Morgan fingerprint density at radius 1 is 1.14 bits per heavy atom. The van der Waals surface area contributed by atoms with Crippen molar-refractivity contribution in [2.75, 3.05) is 13.1 Å². The molecule has 0 saturated carbocycles. The molecular formula is C22H25F2N3O2. The van der Waals surface area contributed by atoms with Crippen molar-refractivity contribution in [3.8, 4) is 0 Å². The number of nitrogens with one attached hydrogen (secondary N) is 1. The predicted octanol–water partition coefficient (Wildman–Crippen LogP) is 2.18.